The number of anilines is 1. The van der Waals surface area contributed by atoms with Crippen LogP contribution < -0.4 is 4.72 Å². The van der Waals surface area contributed by atoms with E-state index in [0.717, 1.165) is 5.56 Å². The van der Waals surface area contributed by atoms with Crippen LogP contribution in [0.5, 0.6) is 0 Å². The molecule has 1 heterocycles. The predicted octanol–water partition coefficient (Wildman–Crippen LogP) is 2.42. The zero-order chi connectivity index (χ0) is 14.0. The third kappa shape index (κ3) is 3.16. The lowest BCUT2D eigenvalue weighted by molar-refractivity contribution is 0.601. The Kier molecular flexibility index (Phi) is 3.96. The summed E-state index contributed by atoms with van der Waals surface area (Å²) in [6.07, 6.45) is 1.64. The number of alkyl halides is 1. The van der Waals surface area contributed by atoms with Crippen molar-refractivity contribution in [2.45, 2.75) is 17.1 Å². The number of halogens is 1. The van der Waals surface area contributed by atoms with Crippen LogP contribution in [0, 0.1) is 6.92 Å². The van der Waals surface area contributed by atoms with Gasteiger partial charge in [-0.15, -0.1) is 0 Å². The fourth-order valence-electron chi connectivity index (χ4n) is 1.66. The van der Waals surface area contributed by atoms with Crippen LogP contribution in [0.2, 0.25) is 0 Å². The van der Waals surface area contributed by atoms with E-state index in [1.807, 2.05) is 0 Å². The number of nitrogens with one attached hydrogen (secondary N) is 1. The normalized spacial score (nSPS) is 11.5. The third-order valence-electron chi connectivity index (χ3n) is 2.65. The minimum atomic E-state index is -3.57. The van der Waals surface area contributed by atoms with E-state index in [-0.39, 0.29) is 4.90 Å². The highest BCUT2D eigenvalue weighted by Gasteiger charge is 2.16. The summed E-state index contributed by atoms with van der Waals surface area (Å²) in [5.74, 6) is 0. The van der Waals surface area contributed by atoms with Crippen molar-refractivity contribution in [3.05, 3.63) is 41.7 Å². The molecule has 1 aromatic carbocycles. The standard InChI is InChI=1S/C12H14BrN3O2S/c1-9-12(8-16(2)14-9)15-19(17,18)11-5-3-10(7-13)4-6-11/h3-6,8,15H,7H2,1-2H3. The molecule has 7 heteroatoms. The molecule has 0 spiro atoms. The van der Waals surface area contributed by atoms with Crippen molar-refractivity contribution in [2.24, 2.45) is 7.05 Å². The molecule has 0 saturated carbocycles. The van der Waals surface area contributed by atoms with E-state index in [1.165, 1.54) is 0 Å². The fraction of sp³-hybridized carbons (Fsp3) is 0.250. The maximum atomic E-state index is 12.2. The molecule has 102 valence electrons. The number of aryl methyl sites for hydroxylation is 2. The molecule has 0 fully saturated rings. The van der Waals surface area contributed by atoms with E-state index in [1.54, 1.807) is 49.1 Å². The lowest BCUT2D eigenvalue weighted by atomic mass is 10.2. The van der Waals surface area contributed by atoms with Gasteiger partial charge in [0.05, 0.1) is 16.3 Å². The molecule has 19 heavy (non-hydrogen) atoms. The number of aromatic nitrogens is 2. The van der Waals surface area contributed by atoms with Gasteiger partial charge in [0.1, 0.15) is 0 Å². The number of rotatable bonds is 4. The molecule has 0 radical (unpaired) electrons. The molecule has 5 nitrogen and oxygen atoms in total. The van der Waals surface area contributed by atoms with Gasteiger partial charge in [-0.05, 0) is 24.6 Å². The quantitative estimate of drug-likeness (QED) is 0.867. The number of hydrogen-bond acceptors (Lipinski definition) is 3. The highest BCUT2D eigenvalue weighted by Crippen LogP contribution is 2.19. The second-order valence-electron chi connectivity index (χ2n) is 4.18. The molecule has 2 aromatic rings. The van der Waals surface area contributed by atoms with Gasteiger partial charge in [-0.2, -0.15) is 5.10 Å². The predicted molar refractivity (Wildman–Crippen MR) is 77.8 cm³/mol. The largest absolute Gasteiger partial charge is 0.276 e. The molecule has 2 rings (SSSR count). The molecule has 0 aliphatic carbocycles. The van der Waals surface area contributed by atoms with E-state index in [0.29, 0.717) is 16.7 Å². The molecule has 0 atom stereocenters. The van der Waals surface area contributed by atoms with Crippen LogP contribution in [0.25, 0.3) is 0 Å². The van der Waals surface area contributed by atoms with Crippen LogP contribution in [0.3, 0.4) is 0 Å². The number of hydrogen-bond donors (Lipinski definition) is 1. The molecule has 0 aliphatic heterocycles. The summed E-state index contributed by atoms with van der Waals surface area (Å²) < 4.78 is 28.5. The molecule has 1 N–H and O–H groups in total. The smallest absolute Gasteiger partial charge is 0.262 e. The summed E-state index contributed by atoms with van der Waals surface area (Å²) in [7, 11) is -1.82. The number of nitrogens with zero attached hydrogens (tertiary/aromatic N) is 2. The molecular formula is C12H14BrN3O2S. The third-order valence-corrected chi connectivity index (χ3v) is 4.67. The minimum absolute atomic E-state index is 0.237. The Hall–Kier alpha value is -1.34. The van der Waals surface area contributed by atoms with Gasteiger partial charge in [0, 0.05) is 18.6 Å². The maximum absolute atomic E-state index is 12.2. The number of benzene rings is 1. The first kappa shape index (κ1) is 14.1. The van der Waals surface area contributed by atoms with Gasteiger partial charge in [-0.1, -0.05) is 28.1 Å². The highest BCUT2D eigenvalue weighted by atomic mass is 79.9. The van der Waals surface area contributed by atoms with E-state index >= 15 is 0 Å². The average molecular weight is 344 g/mol. The van der Waals surface area contributed by atoms with Crippen molar-refractivity contribution in [1.82, 2.24) is 9.78 Å². The summed E-state index contributed by atoms with van der Waals surface area (Å²) in [4.78, 5) is 0.237. The van der Waals surface area contributed by atoms with E-state index < -0.39 is 10.0 Å². The fourth-order valence-corrected chi connectivity index (χ4v) is 3.14. The van der Waals surface area contributed by atoms with Gasteiger partial charge in [-0.3, -0.25) is 9.40 Å². The van der Waals surface area contributed by atoms with Crippen LogP contribution in [0.4, 0.5) is 5.69 Å². The molecule has 0 unspecified atom stereocenters. The molecule has 0 saturated heterocycles. The Balaban J connectivity index is 2.29. The Bertz CT molecular complexity index is 678. The Labute approximate surface area is 120 Å². The van der Waals surface area contributed by atoms with Crippen LogP contribution in [-0.4, -0.2) is 18.2 Å². The second-order valence-corrected chi connectivity index (χ2v) is 6.43. The van der Waals surface area contributed by atoms with Crippen LogP contribution in [0.1, 0.15) is 11.3 Å². The first-order valence-corrected chi connectivity index (χ1v) is 8.21. The highest BCUT2D eigenvalue weighted by molar-refractivity contribution is 9.08. The number of sulfonamides is 1. The Morgan fingerprint density at radius 2 is 1.95 bits per heavy atom. The Morgan fingerprint density at radius 3 is 2.42 bits per heavy atom. The van der Waals surface area contributed by atoms with Crippen molar-refractivity contribution < 1.29 is 8.42 Å². The van der Waals surface area contributed by atoms with Gasteiger partial charge in [-0.25, -0.2) is 8.42 Å². The van der Waals surface area contributed by atoms with Gasteiger partial charge in [0.2, 0.25) is 0 Å². The maximum Gasteiger partial charge on any atom is 0.262 e. The SMILES string of the molecule is Cc1nn(C)cc1NS(=O)(=O)c1ccc(CBr)cc1. The Morgan fingerprint density at radius 1 is 1.32 bits per heavy atom. The minimum Gasteiger partial charge on any atom is -0.276 e. The second kappa shape index (κ2) is 5.34. The summed E-state index contributed by atoms with van der Waals surface area (Å²) in [5.41, 5.74) is 2.16. The van der Waals surface area contributed by atoms with Crippen LogP contribution in [-0.2, 0) is 22.4 Å². The monoisotopic (exact) mass is 343 g/mol. The summed E-state index contributed by atoms with van der Waals surface area (Å²) in [5, 5.41) is 4.80. The molecule has 0 aliphatic rings. The molecule has 0 bridgehead atoms. The van der Waals surface area contributed by atoms with Crippen molar-refractivity contribution in [1.29, 1.82) is 0 Å². The van der Waals surface area contributed by atoms with Gasteiger partial charge < -0.3 is 0 Å². The van der Waals surface area contributed by atoms with Gasteiger partial charge >= 0.3 is 0 Å². The van der Waals surface area contributed by atoms with Crippen molar-refractivity contribution in [3.63, 3.8) is 0 Å². The first-order chi connectivity index (χ1) is 8.92. The van der Waals surface area contributed by atoms with E-state index in [9.17, 15) is 8.42 Å². The van der Waals surface area contributed by atoms with E-state index in [4.69, 9.17) is 0 Å². The van der Waals surface area contributed by atoms with Crippen molar-refractivity contribution in [3.8, 4) is 0 Å². The topological polar surface area (TPSA) is 64.0 Å². The summed E-state index contributed by atoms with van der Waals surface area (Å²) in [6.45, 7) is 1.76. The lowest BCUT2D eigenvalue weighted by Crippen LogP contribution is -2.13. The van der Waals surface area contributed by atoms with Crippen LogP contribution in [0.15, 0.2) is 35.4 Å². The van der Waals surface area contributed by atoms with Gasteiger partial charge in [0.15, 0.2) is 0 Å². The lowest BCUT2D eigenvalue weighted by Gasteiger charge is -2.07. The van der Waals surface area contributed by atoms with Crippen LogP contribution >= 0.6 is 15.9 Å². The molecule has 0 amide bonds. The summed E-state index contributed by atoms with van der Waals surface area (Å²) in [6, 6.07) is 6.73. The van der Waals surface area contributed by atoms with E-state index in [2.05, 4.69) is 25.8 Å². The molecular weight excluding hydrogens is 330 g/mol. The zero-order valence-corrected chi connectivity index (χ0v) is 13.0. The zero-order valence-electron chi connectivity index (χ0n) is 10.6. The van der Waals surface area contributed by atoms with Gasteiger partial charge in [0.25, 0.3) is 10.0 Å². The van der Waals surface area contributed by atoms with Crippen molar-refractivity contribution >= 4 is 31.6 Å². The average Bonchev–Trinajstić information content (AvgIpc) is 2.67. The molecule has 1 aromatic heterocycles. The summed E-state index contributed by atoms with van der Waals surface area (Å²) >= 11 is 3.32. The van der Waals surface area contributed by atoms with Crippen molar-refractivity contribution in [2.75, 3.05) is 4.72 Å². The first-order valence-electron chi connectivity index (χ1n) is 5.60.